The lowest BCUT2D eigenvalue weighted by molar-refractivity contribution is 0.0682. The Kier molecular flexibility index (Phi) is 3.92. The number of carboxylic acids is 1. The highest BCUT2D eigenvalue weighted by molar-refractivity contribution is 6.07. The molecule has 1 aliphatic heterocycles. The summed E-state index contributed by atoms with van der Waals surface area (Å²) in [7, 11) is 0. The summed E-state index contributed by atoms with van der Waals surface area (Å²) in [5.74, 6) is -1.21. The van der Waals surface area contributed by atoms with E-state index in [-0.39, 0.29) is 11.5 Å². The van der Waals surface area contributed by atoms with E-state index in [4.69, 9.17) is 0 Å². The van der Waals surface area contributed by atoms with Crippen LogP contribution in [0.1, 0.15) is 38.3 Å². The number of fused-ring (bicyclic) bond motifs is 1. The number of hydrogen-bond donors (Lipinski definition) is 1. The van der Waals surface area contributed by atoms with Crippen LogP contribution in [0, 0.1) is 0 Å². The lowest BCUT2D eigenvalue weighted by atomic mass is 10.0. The maximum atomic E-state index is 12.4. The van der Waals surface area contributed by atoms with Gasteiger partial charge in [0.1, 0.15) is 0 Å². The molecule has 0 aromatic heterocycles. The fourth-order valence-electron chi connectivity index (χ4n) is 2.90. The number of aryl methyl sites for hydroxylation is 1. The highest BCUT2D eigenvalue weighted by Gasteiger charge is 2.31. The predicted octanol–water partition coefficient (Wildman–Crippen LogP) is 2.97. The van der Waals surface area contributed by atoms with Crippen molar-refractivity contribution in [3.05, 3.63) is 70.8 Å². The van der Waals surface area contributed by atoms with Gasteiger partial charge in [0, 0.05) is 13.1 Å². The molecule has 0 fully saturated rings. The Morgan fingerprint density at radius 3 is 2.59 bits per heavy atom. The summed E-state index contributed by atoms with van der Waals surface area (Å²) in [4.78, 5) is 25.4. The Morgan fingerprint density at radius 2 is 1.86 bits per heavy atom. The topological polar surface area (TPSA) is 57.6 Å². The molecule has 4 nitrogen and oxygen atoms in total. The van der Waals surface area contributed by atoms with Crippen LogP contribution < -0.4 is 0 Å². The van der Waals surface area contributed by atoms with Gasteiger partial charge in [-0.1, -0.05) is 42.5 Å². The quantitative estimate of drug-likeness (QED) is 0.922. The largest absolute Gasteiger partial charge is 0.478 e. The van der Waals surface area contributed by atoms with Gasteiger partial charge in [0.05, 0.1) is 11.1 Å². The van der Waals surface area contributed by atoms with E-state index in [2.05, 4.69) is 12.1 Å². The molecule has 2 aromatic rings. The third-order valence-electron chi connectivity index (χ3n) is 3.98. The van der Waals surface area contributed by atoms with Crippen LogP contribution in [-0.4, -0.2) is 28.4 Å². The normalized spacial score (nSPS) is 13.3. The monoisotopic (exact) mass is 295 g/mol. The van der Waals surface area contributed by atoms with Gasteiger partial charge in [0.15, 0.2) is 0 Å². The zero-order valence-corrected chi connectivity index (χ0v) is 12.2. The van der Waals surface area contributed by atoms with Crippen LogP contribution in [0.15, 0.2) is 48.5 Å². The van der Waals surface area contributed by atoms with Crippen molar-refractivity contribution in [2.24, 2.45) is 0 Å². The van der Waals surface area contributed by atoms with Gasteiger partial charge >= 0.3 is 5.97 Å². The lowest BCUT2D eigenvalue weighted by Gasteiger charge is -2.15. The molecule has 0 saturated carbocycles. The van der Waals surface area contributed by atoms with Crippen LogP contribution >= 0.6 is 0 Å². The molecule has 0 unspecified atom stereocenters. The van der Waals surface area contributed by atoms with Crippen LogP contribution in [0.4, 0.5) is 0 Å². The van der Waals surface area contributed by atoms with Gasteiger partial charge in [0.25, 0.3) is 5.91 Å². The van der Waals surface area contributed by atoms with E-state index in [0.717, 1.165) is 18.4 Å². The minimum Gasteiger partial charge on any atom is -0.478 e. The van der Waals surface area contributed by atoms with Crippen LogP contribution in [0.2, 0.25) is 0 Å². The van der Waals surface area contributed by atoms with Gasteiger partial charge in [-0.3, -0.25) is 4.79 Å². The fourth-order valence-corrected chi connectivity index (χ4v) is 2.90. The second kappa shape index (κ2) is 6.02. The number of amides is 1. The number of rotatable bonds is 5. The third-order valence-corrected chi connectivity index (χ3v) is 3.98. The van der Waals surface area contributed by atoms with Crippen LogP contribution in [0.5, 0.6) is 0 Å². The molecule has 3 rings (SSSR count). The molecule has 4 heteroatoms. The summed E-state index contributed by atoms with van der Waals surface area (Å²) in [5.41, 5.74) is 2.52. The highest BCUT2D eigenvalue weighted by atomic mass is 16.4. The first kappa shape index (κ1) is 14.3. The first-order valence-corrected chi connectivity index (χ1v) is 7.35. The molecule has 0 bridgehead atoms. The number of carboxylic acid groups (broad SMARTS) is 1. The number of benzene rings is 2. The molecule has 0 atom stereocenters. The summed E-state index contributed by atoms with van der Waals surface area (Å²) in [6.07, 6.45) is 1.78. The van der Waals surface area contributed by atoms with Crippen molar-refractivity contribution in [1.82, 2.24) is 4.90 Å². The van der Waals surface area contributed by atoms with Crippen LogP contribution in [0.3, 0.4) is 0 Å². The minimum atomic E-state index is -1.05. The zero-order valence-electron chi connectivity index (χ0n) is 12.2. The molecule has 0 spiro atoms. The van der Waals surface area contributed by atoms with Crippen molar-refractivity contribution in [2.75, 3.05) is 6.54 Å². The summed E-state index contributed by atoms with van der Waals surface area (Å²) < 4.78 is 0. The van der Waals surface area contributed by atoms with Crippen LogP contribution in [-0.2, 0) is 13.0 Å². The van der Waals surface area contributed by atoms with E-state index in [0.29, 0.717) is 18.7 Å². The molecule has 1 amide bonds. The van der Waals surface area contributed by atoms with E-state index >= 15 is 0 Å². The maximum Gasteiger partial charge on any atom is 0.336 e. The number of hydrogen-bond acceptors (Lipinski definition) is 2. The average molecular weight is 295 g/mol. The van der Waals surface area contributed by atoms with Gasteiger partial charge < -0.3 is 10.0 Å². The average Bonchev–Trinajstić information content (AvgIpc) is 2.85. The summed E-state index contributed by atoms with van der Waals surface area (Å²) >= 11 is 0. The van der Waals surface area contributed by atoms with Crippen LogP contribution in [0.25, 0.3) is 0 Å². The zero-order chi connectivity index (χ0) is 15.5. The van der Waals surface area contributed by atoms with Crippen molar-refractivity contribution in [3.8, 4) is 0 Å². The van der Waals surface area contributed by atoms with Gasteiger partial charge in [-0.15, -0.1) is 0 Å². The second-order valence-electron chi connectivity index (χ2n) is 5.46. The van der Waals surface area contributed by atoms with Gasteiger partial charge in [-0.05, 0) is 30.0 Å². The van der Waals surface area contributed by atoms with Gasteiger partial charge in [-0.25, -0.2) is 4.79 Å². The fraction of sp³-hybridized carbons (Fsp3) is 0.222. The summed E-state index contributed by atoms with van der Waals surface area (Å²) in [6.45, 7) is 1.14. The SMILES string of the molecule is O=C(O)c1cccc2c1C(=O)N(CCCc1ccccc1)C2. The Bertz CT molecular complexity index is 710. The van der Waals surface area contributed by atoms with Crippen molar-refractivity contribution in [2.45, 2.75) is 19.4 Å². The molecule has 1 aliphatic rings. The Labute approximate surface area is 129 Å². The minimum absolute atomic E-state index is 0.105. The first-order valence-electron chi connectivity index (χ1n) is 7.35. The molecule has 22 heavy (non-hydrogen) atoms. The Hall–Kier alpha value is -2.62. The van der Waals surface area contributed by atoms with E-state index in [1.165, 1.54) is 11.6 Å². The molecule has 1 N–H and O–H groups in total. The smallest absolute Gasteiger partial charge is 0.336 e. The molecular formula is C18H17NO3. The predicted molar refractivity (Wildman–Crippen MR) is 82.9 cm³/mol. The number of carbonyl (C=O) groups excluding carboxylic acids is 1. The van der Waals surface area contributed by atoms with Crippen molar-refractivity contribution in [3.63, 3.8) is 0 Å². The molecular weight excluding hydrogens is 278 g/mol. The molecule has 0 radical (unpaired) electrons. The van der Waals surface area contributed by atoms with Crippen molar-refractivity contribution >= 4 is 11.9 Å². The standard InChI is InChI=1S/C18H17NO3/c20-17-16-14(9-4-10-15(16)18(21)22)12-19(17)11-5-8-13-6-2-1-3-7-13/h1-4,6-7,9-10H,5,8,11-12H2,(H,21,22). The maximum absolute atomic E-state index is 12.4. The highest BCUT2D eigenvalue weighted by Crippen LogP contribution is 2.26. The molecule has 112 valence electrons. The molecule has 1 heterocycles. The van der Waals surface area contributed by atoms with E-state index in [1.807, 2.05) is 24.3 Å². The van der Waals surface area contributed by atoms with E-state index in [1.54, 1.807) is 11.0 Å². The molecule has 0 saturated heterocycles. The number of aromatic carboxylic acids is 1. The molecule has 2 aromatic carbocycles. The van der Waals surface area contributed by atoms with Crippen molar-refractivity contribution in [1.29, 1.82) is 0 Å². The van der Waals surface area contributed by atoms with Gasteiger partial charge in [0.2, 0.25) is 0 Å². The number of carbonyl (C=O) groups is 2. The van der Waals surface area contributed by atoms with Crippen molar-refractivity contribution < 1.29 is 14.7 Å². The molecule has 0 aliphatic carbocycles. The Balaban J connectivity index is 1.67. The van der Waals surface area contributed by atoms with E-state index in [9.17, 15) is 14.7 Å². The number of nitrogens with zero attached hydrogens (tertiary/aromatic N) is 1. The lowest BCUT2D eigenvalue weighted by Crippen LogP contribution is -2.26. The third kappa shape index (κ3) is 2.72. The Morgan fingerprint density at radius 1 is 1.09 bits per heavy atom. The van der Waals surface area contributed by atoms with E-state index < -0.39 is 5.97 Å². The first-order chi connectivity index (χ1) is 10.7. The second-order valence-corrected chi connectivity index (χ2v) is 5.46. The summed E-state index contributed by atoms with van der Waals surface area (Å²) in [5, 5.41) is 9.21. The summed E-state index contributed by atoms with van der Waals surface area (Å²) in [6, 6.07) is 15.2. The van der Waals surface area contributed by atoms with Gasteiger partial charge in [-0.2, -0.15) is 0 Å².